The molecule has 0 spiro atoms. The predicted molar refractivity (Wildman–Crippen MR) is 35.4 cm³/mol. The van der Waals surface area contributed by atoms with Gasteiger partial charge >= 0.3 is 0 Å². The first-order valence-corrected chi connectivity index (χ1v) is 2.88. The molecule has 0 radical (unpaired) electrons. The highest BCUT2D eigenvalue weighted by molar-refractivity contribution is 5.94. The van der Waals surface area contributed by atoms with Crippen molar-refractivity contribution in [2.45, 2.75) is 6.92 Å². The first kappa shape index (κ1) is 7.46. The Hall–Kier alpha value is -1.65. The second-order valence-electron chi connectivity index (χ2n) is 1.99. The lowest BCUT2D eigenvalue weighted by atomic mass is 10.3. The number of ketones is 1. The summed E-state index contributed by atoms with van der Waals surface area (Å²) in [6, 6.07) is 0.962. The first-order valence-electron chi connectivity index (χ1n) is 2.88. The largest absolute Gasteiger partial charge is 0.505 e. The van der Waals surface area contributed by atoms with Gasteiger partial charge in [-0.25, -0.2) is 0 Å². The topological polar surface area (TPSA) is 83.3 Å². The van der Waals surface area contributed by atoms with Crippen LogP contribution in [0.25, 0.3) is 0 Å². The van der Waals surface area contributed by atoms with E-state index in [4.69, 9.17) is 10.2 Å². The Labute approximate surface area is 62.3 Å². The Bertz CT molecular complexity index is 298. The molecule has 11 heavy (non-hydrogen) atoms. The number of aromatic hydroxyl groups is 2. The fraction of sp³-hybridized carbons (Fsp3) is 0.167. The molecule has 5 heteroatoms. The fourth-order valence-corrected chi connectivity index (χ4v) is 0.623. The SMILES string of the molecule is CC(=O)c1nnc(O)cc1O. The number of hydrogen-bond donors (Lipinski definition) is 2. The van der Waals surface area contributed by atoms with E-state index >= 15 is 0 Å². The number of hydrogen-bond acceptors (Lipinski definition) is 5. The molecule has 0 amide bonds. The second-order valence-corrected chi connectivity index (χ2v) is 1.99. The molecule has 0 aromatic carbocycles. The Morgan fingerprint density at radius 2 is 2.09 bits per heavy atom. The van der Waals surface area contributed by atoms with Crippen molar-refractivity contribution in [3.05, 3.63) is 11.8 Å². The summed E-state index contributed by atoms with van der Waals surface area (Å²) in [5.41, 5.74) is -0.136. The maximum atomic E-state index is 10.6. The molecule has 1 rings (SSSR count). The third-order valence-electron chi connectivity index (χ3n) is 1.09. The molecular weight excluding hydrogens is 148 g/mol. The summed E-state index contributed by atoms with van der Waals surface area (Å²) in [5.74, 6) is -1.16. The van der Waals surface area contributed by atoms with E-state index in [1.54, 1.807) is 0 Å². The van der Waals surface area contributed by atoms with Crippen molar-refractivity contribution in [2.75, 3.05) is 0 Å². The van der Waals surface area contributed by atoms with Crippen LogP contribution in [0.1, 0.15) is 17.4 Å². The molecule has 1 heterocycles. The monoisotopic (exact) mass is 154 g/mol. The highest BCUT2D eigenvalue weighted by Gasteiger charge is 2.08. The van der Waals surface area contributed by atoms with Gasteiger partial charge in [-0.3, -0.25) is 4.79 Å². The third-order valence-corrected chi connectivity index (χ3v) is 1.09. The van der Waals surface area contributed by atoms with Gasteiger partial charge < -0.3 is 10.2 Å². The lowest BCUT2D eigenvalue weighted by molar-refractivity contribution is 0.100. The van der Waals surface area contributed by atoms with E-state index in [1.807, 2.05) is 0 Å². The Morgan fingerprint density at radius 3 is 2.55 bits per heavy atom. The maximum Gasteiger partial charge on any atom is 0.234 e. The van der Waals surface area contributed by atoms with Crippen molar-refractivity contribution in [3.8, 4) is 11.6 Å². The summed E-state index contributed by atoms with van der Waals surface area (Å²) < 4.78 is 0. The van der Waals surface area contributed by atoms with Gasteiger partial charge in [0.05, 0.1) is 0 Å². The van der Waals surface area contributed by atoms with Crippen molar-refractivity contribution < 1.29 is 15.0 Å². The van der Waals surface area contributed by atoms with Crippen LogP contribution in [0.3, 0.4) is 0 Å². The number of Topliss-reactive ketones (excluding diaryl/α,β-unsaturated/α-hetero) is 1. The first-order chi connectivity index (χ1) is 5.11. The van der Waals surface area contributed by atoms with E-state index in [2.05, 4.69) is 10.2 Å². The lowest BCUT2D eigenvalue weighted by Gasteiger charge is -1.96. The van der Waals surface area contributed by atoms with Gasteiger partial charge in [0.1, 0.15) is 0 Å². The van der Waals surface area contributed by atoms with Crippen LogP contribution in [0.4, 0.5) is 0 Å². The van der Waals surface area contributed by atoms with Gasteiger partial charge in [-0.1, -0.05) is 0 Å². The van der Waals surface area contributed by atoms with Gasteiger partial charge in [0.25, 0.3) is 0 Å². The number of nitrogens with zero attached hydrogens (tertiary/aromatic N) is 2. The zero-order valence-corrected chi connectivity index (χ0v) is 5.77. The summed E-state index contributed by atoms with van der Waals surface area (Å²) in [6.07, 6.45) is 0. The number of aromatic nitrogens is 2. The molecule has 0 fully saturated rings. The summed E-state index contributed by atoms with van der Waals surface area (Å²) in [5, 5.41) is 24.1. The molecule has 5 nitrogen and oxygen atoms in total. The van der Waals surface area contributed by atoms with Crippen LogP contribution in [0.15, 0.2) is 6.07 Å². The number of rotatable bonds is 1. The minimum absolute atomic E-state index is 0.136. The summed E-state index contributed by atoms with van der Waals surface area (Å²) >= 11 is 0. The normalized spacial score (nSPS) is 9.55. The highest BCUT2D eigenvalue weighted by Crippen LogP contribution is 2.17. The molecule has 0 saturated heterocycles. The van der Waals surface area contributed by atoms with Crippen molar-refractivity contribution >= 4 is 5.78 Å². The van der Waals surface area contributed by atoms with E-state index in [1.165, 1.54) is 6.92 Å². The summed E-state index contributed by atoms with van der Waals surface area (Å²) in [6.45, 7) is 1.25. The van der Waals surface area contributed by atoms with Gasteiger partial charge in [0.15, 0.2) is 17.2 Å². The van der Waals surface area contributed by atoms with E-state index in [0.29, 0.717) is 0 Å². The van der Waals surface area contributed by atoms with Gasteiger partial charge in [0.2, 0.25) is 5.88 Å². The van der Waals surface area contributed by atoms with Gasteiger partial charge in [0, 0.05) is 13.0 Å². The fourth-order valence-electron chi connectivity index (χ4n) is 0.623. The van der Waals surface area contributed by atoms with Crippen LogP contribution in [-0.4, -0.2) is 26.2 Å². The van der Waals surface area contributed by atoms with E-state index in [9.17, 15) is 4.79 Å². The lowest BCUT2D eigenvalue weighted by Crippen LogP contribution is -1.98. The second kappa shape index (κ2) is 2.53. The van der Waals surface area contributed by atoms with Crippen molar-refractivity contribution in [2.24, 2.45) is 0 Å². The van der Waals surface area contributed by atoms with Crippen molar-refractivity contribution in [1.82, 2.24) is 10.2 Å². The standard InChI is InChI=1S/C6H6N2O3/c1-3(9)6-4(10)2-5(11)7-8-6/h2H,1H3,(H2,7,10,11). The van der Waals surface area contributed by atoms with E-state index in [-0.39, 0.29) is 11.4 Å². The average molecular weight is 154 g/mol. The van der Waals surface area contributed by atoms with Crippen molar-refractivity contribution in [1.29, 1.82) is 0 Å². The van der Waals surface area contributed by atoms with Crippen LogP contribution in [-0.2, 0) is 0 Å². The zero-order chi connectivity index (χ0) is 8.43. The molecule has 0 aliphatic heterocycles. The Morgan fingerprint density at radius 1 is 1.45 bits per heavy atom. The molecule has 1 aromatic rings. The number of carbonyl (C=O) groups excluding carboxylic acids is 1. The Balaban J connectivity index is 3.20. The summed E-state index contributed by atoms with van der Waals surface area (Å²) in [7, 11) is 0. The molecule has 0 bridgehead atoms. The molecular formula is C6H6N2O3. The molecule has 0 aliphatic rings. The molecule has 1 aromatic heterocycles. The molecule has 0 unspecified atom stereocenters. The van der Waals surface area contributed by atoms with E-state index < -0.39 is 11.7 Å². The molecule has 2 N–H and O–H groups in total. The summed E-state index contributed by atoms with van der Waals surface area (Å²) in [4.78, 5) is 10.6. The van der Waals surface area contributed by atoms with Crippen LogP contribution in [0, 0.1) is 0 Å². The average Bonchev–Trinajstić information content (AvgIpc) is 1.85. The minimum atomic E-state index is -0.410. The van der Waals surface area contributed by atoms with E-state index in [0.717, 1.165) is 6.07 Å². The highest BCUT2D eigenvalue weighted by atomic mass is 16.3. The molecule has 0 atom stereocenters. The van der Waals surface area contributed by atoms with Gasteiger partial charge in [-0.05, 0) is 0 Å². The van der Waals surface area contributed by atoms with Crippen LogP contribution >= 0.6 is 0 Å². The van der Waals surface area contributed by atoms with Crippen molar-refractivity contribution in [3.63, 3.8) is 0 Å². The number of carbonyl (C=O) groups is 1. The smallest absolute Gasteiger partial charge is 0.234 e. The van der Waals surface area contributed by atoms with Crippen LogP contribution in [0.5, 0.6) is 11.6 Å². The maximum absolute atomic E-state index is 10.6. The van der Waals surface area contributed by atoms with Gasteiger partial charge in [-0.2, -0.15) is 0 Å². The Kier molecular flexibility index (Phi) is 1.72. The quantitative estimate of drug-likeness (QED) is 0.560. The molecule has 0 aliphatic carbocycles. The third kappa shape index (κ3) is 1.43. The minimum Gasteiger partial charge on any atom is -0.505 e. The van der Waals surface area contributed by atoms with Gasteiger partial charge in [-0.15, -0.1) is 10.2 Å². The zero-order valence-electron chi connectivity index (χ0n) is 5.77. The predicted octanol–water partition coefficient (Wildman–Crippen LogP) is 0.0904. The van der Waals surface area contributed by atoms with Crippen LogP contribution < -0.4 is 0 Å². The molecule has 58 valence electrons. The molecule has 0 saturated carbocycles. The van der Waals surface area contributed by atoms with Crippen LogP contribution in [0.2, 0.25) is 0 Å².